The van der Waals surface area contributed by atoms with Crippen LogP contribution >= 0.6 is 0 Å². The average molecular weight is 406 g/mol. The van der Waals surface area contributed by atoms with Crippen LogP contribution < -0.4 is 5.32 Å². The maximum absolute atomic E-state index is 12.7. The highest BCUT2D eigenvalue weighted by Gasteiger charge is 2.16. The van der Waals surface area contributed by atoms with Gasteiger partial charge in [-0.05, 0) is 49.1 Å². The summed E-state index contributed by atoms with van der Waals surface area (Å²) in [5.74, 6) is 5.70. The normalized spacial score (nSPS) is 11.9. The van der Waals surface area contributed by atoms with E-state index in [9.17, 15) is 9.90 Å². The maximum Gasteiger partial charge on any atom is 0.251 e. The van der Waals surface area contributed by atoms with Gasteiger partial charge in [-0.2, -0.15) is 0 Å². The van der Waals surface area contributed by atoms with Crippen LogP contribution in [0.25, 0.3) is 10.9 Å². The zero-order valence-corrected chi connectivity index (χ0v) is 16.6. The van der Waals surface area contributed by atoms with Crippen molar-refractivity contribution in [3.63, 3.8) is 0 Å². The van der Waals surface area contributed by atoms with Crippen LogP contribution in [0.4, 0.5) is 0 Å². The predicted octanol–water partition coefficient (Wildman–Crippen LogP) is 2.33. The fraction of sp³-hybridized carbons (Fsp3) is 0.292. The zero-order valence-electron chi connectivity index (χ0n) is 16.6. The van der Waals surface area contributed by atoms with Crippen LogP contribution in [0.3, 0.4) is 0 Å². The first-order valence-corrected chi connectivity index (χ1v) is 9.98. The number of para-hydroxylation sites is 1. The Labute approximate surface area is 175 Å². The topological polar surface area (TPSA) is 106 Å². The van der Waals surface area contributed by atoms with E-state index in [1.54, 1.807) is 18.2 Å². The number of carbonyl (C=O) groups is 1. The second kappa shape index (κ2) is 10.6. The molecule has 0 saturated carbocycles. The summed E-state index contributed by atoms with van der Waals surface area (Å²) in [7, 11) is 0. The number of nitrogens with one attached hydrogen (secondary N) is 2. The Bertz CT molecular complexity index is 1050. The predicted molar refractivity (Wildman–Crippen MR) is 116 cm³/mol. The molecule has 1 atom stereocenters. The molecular weight excluding hydrogens is 380 g/mol. The second-order valence-corrected chi connectivity index (χ2v) is 7.17. The van der Waals surface area contributed by atoms with E-state index in [-0.39, 0.29) is 18.9 Å². The van der Waals surface area contributed by atoms with E-state index < -0.39 is 12.3 Å². The monoisotopic (exact) mass is 406 g/mol. The average Bonchev–Trinajstić information content (AvgIpc) is 3.16. The molecule has 156 valence electrons. The molecule has 0 aliphatic rings. The molecule has 2 aromatic carbocycles. The van der Waals surface area contributed by atoms with E-state index in [1.807, 2.05) is 36.5 Å². The first-order chi connectivity index (χ1) is 14.6. The lowest BCUT2D eigenvalue weighted by Crippen LogP contribution is -2.39. The van der Waals surface area contributed by atoms with Crippen molar-refractivity contribution in [2.24, 2.45) is 0 Å². The minimum Gasteiger partial charge on any atom is -0.394 e. The van der Waals surface area contributed by atoms with Crippen molar-refractivity contribution in [3.8, 4) is 11.8 Å². The van der Waals surface area contributed by atoms with Gasteiger partial charge in [0.05, 0.1) is 12.6 Å². The van der Waals surface area contributed by atoms with Gasteiger partial charge < -0.3 is 25.6 Å². The largest absolute Gasteiger partial charge is 0.394 e. The Morgan fingerprint density at radius 1 is 1.13 bits per heavy atom. The molecule has 0 bridgehead atoms. The number of aliphatic hydroxyl groups is 3. The summed E-state index contributed by atoms with van der Waals surface area (Å²) in [5.41, 5.74) is 3.25. The molecule has 0 radical (unpaired) electrons. The lowest BCUT2D eigenvalue weighted by Gasteiger charge is -2.16. The lowest BCUT2D eigenvalue weighted by molar-refractivity contribution is -0.0459. The van der Waals surface area contributed by atoms with Gasteiger partial charge in [0, 0.05) is 34.6 Å². The molecule has 0 fully saturated rings. The number of H-pyrrole nitrogens is 1. The molecule has 6 nitrogen and oxygen atoms in total. The molecule has 6 heteroatoms. The van der Waals surface area contributed by atoms with Crippen LogP contribution in [-0.4, -0.2) is 45.1 Å². The Hall–Kier alpha value is -3.11. The van der Waals surface area contributed by atoms with Gasteiger partial charge in [0.2, 0.25) is 0 Å². The third-order valence-corrected chi connectivity index (χ3v) is 4.82. The van der Waals surface area contributed by atoms with Crippen molar-refractivity contribution in [2.45, 2.75) is 38.0 Å². The molecular formula is C24H26N2O4. The summed E-state index contributed by atoms with van der Waals surface area (Å²) in [6, 6.07) is 14.5. The summed E-state index contributed by atoms with van der Waals surface area (Å²) < 4.78 is 0. The highest BCUT2D eigenvalue weighted by molar-refractivity contribution is 5.94. The molecule has 0 aliphatic carbocycles. The number of aromatic amines is 1. The van der Waals surface area contributed by atoms with Gasteiger partial charge >= 0.3 is 0 Å². The van der Waals surface area contributed by atoms with Gasteiger partial charge in [-0.1, -0.05) is 36.1 Å². The van der Waals surface area contributed by atoms with E-state index in [1.165, 1.54) is 0 Å². The third kappa shape index (κ3) is 5.94. The smallest absolute Gasteiger partial charge is 0.251 e. The van der Waals surface area contributed by atoms with Crippen LogP contribution in [0.1, 0.15) is 40.7 Å². The highest BCUT2D eigenvalue weighted by Crippen LogP contribution is 2.19. The molecule has 0 aliphatic heterocycles. The molecule has 1 heterocycles. The first kappa shape index (κ1) is 21.6. The van der Waals surface area contributed by atoms with E-state index in [2.05, 4.69) is 22.1 Å². The van der Waals surface area contributed by atoms with Crippen molar-refractivity contribution in [2.75, 3.05) is 6.61 Å². The minimum atomic E-state index is -1.30. The molecule has 1 amide bonds. The quantitative estimate of drug-likeness (QED) is 0.225. The molecule has 0 saturated heterocycles. The van der Waals surface area contributed by atoms with Crippen molar-refractivity contribution in [1.82, 2.24) is 10.3 Å². The van der Waals surface area contributed by atoms with Crippen LogP contribution in [0, 0.1) is 11.8 Å². The van der Waals surface area contributed by atoms with Crippen molar-refractivity contribution >= 4 is 16.8 Å². The standard InChI is InChI=1S/C24H26N2O4/c27-16-20(14-19-15-25-22-11-5-4-10-21(19)22)26-24(30)18-9-6-8-17(13-18)7-2-1-3-12-23(28)29/h4-6,8-11,13,15,20,23,25,27-29H,1,3,12,14,16H2,(H,26,30). The fourth-order valence-electron chi connectivity index (χ4n) is 3.27. The number of hydrogen-bond acceptors (Lipinski definition) is 4. The van der Waals surface area contributed by atoms with Crippen molar-refractivity contribution < 1.29 is 20.1 Å². The summed E-state index contributed by atoms with van der Waals surface area (Å²) in [5, 5.41) is 31.4. The van der Waals surface area contributed by atoms with Crippen LogP contribution in [-0.2, 0) is 6.42 Å². The first-order valence-electron chi connectivity index (χ1n) is 9.98. The number of rotatable bonds is 8. The Morgan fingerprint density at radius 2 is 1.97 bits per heavy atom. The van der Waals surface area contributed by atoms with Crippen molar-refractivity contribution in [1.29, 1.82) is 0 Å². The maximum atomic E-state index is 12.7. The summed E-state index contributed by atoms with van der Waals surface area (Å²) >= 11 is 0. The lowest BCUT2D eigenvalue weighted by atomic mass is 10.0. The van der Waals surface area contributed by atoms with Crippen LogP contribution in [0.5, 0.6) is 0 Å². The van der Waals surface area contributed by atoms with Gasteiger partial charge in [-0.3, -0.25) is 4.79 Å². The third-order valence-electron chi connectivity index (χ3n) is 4.82. The molecule has 1 aromatic heterocycles. The van der Waals surface area contributed by atoms with Gasteiger partial charge in [0.25, 0.3) is 5.91 Å². The molecule has 5 N–H and O–H groups in total. The summed E-state index contributed by atoms with van der Waals surface area (Å²) in [4.78, 5) is 15.9. The highest BCUT2D eigenvalue weighted by atomic mass is 16.5. The summed E-state index contributed by atoms with van der Waals surface area (Å²) in [6.45, 7) is -0.165. The van der Waals surface area contributed by atoms with E-state index in [0.717, 1.165) is 16.5 Å². The summed E-state index contributed by atoms with van der Waals surface area (Å²) in [6.07, 6.45) is 2.55. The molecule has 3 aromatic rings. The number of carbonyl (C=O) groups excluding carboxylic acids is 1. The van der Waals surface area contributed by atoms with Gasteiger partial charge in [0.15, 0.2) is 6.29 Å². The number of aliphatic hydroxyl groups excluding tert-OH is 2. The van der Waals surface area contributed by atoms with Crippen molar-refractivity contribution in [3.05, 3.63) is 71.4 Å². The molecule has 1 unspecified atom stereocenters. The van der Waals surface area contributed by atoms with E-state index in [0.29, 0.717) is 30.4 Å². The van der Waals surface area contributed by atoms with Gasteiger partial charge in [-0.15, -0.1) is 0 Å². The van der Waals surface area contributed by atoms with Gasteiger partial charge in [0.1, 0.15) is 0 Å². The number of aromatic nitrogens is 1. The Morgan fingerprint density at radius 3 is 2.77 bits per heavy atom. The second-order valence-electron chi connectivity index (χ2n) is 7.17. The molecule has 0 spiro atoms. The van der Waals surface area contributed by atoms with E-state index in [4.69, 9.17) is 10.2 Å². The Kier molecular flexibility index (Phi) is 7.63. The van der Waals surface area contributed by atoms with E-state index >= 15 is 0 Å². The number of benzene rings is 2. The molecule has 30 heavy (non-hydrogen) atoms. The minimum absolute atomic E-state index is 0.165. The van der Waals surface area contributed by atoms with Gasteiger partial charge in [-0.25, -0.2) is 0 Å². The Balaban J connectivity index is 1.62. The SMILES string of the molecule is O=C(NC(CO)Cc1c[nH]c2ccccc12)c1cccc(C#CCCCC(O)O)c1. The number of unbranched alkanes of at least 4 members (excludes halogenated alkanes) is 1. The molecule has 3 rings (SSSR count). The number of fused-ring (bicyclic) bond motifs is 1. The number of hydrogen-bond donors (Lipinski definition) is 5. The zero-order chi connectivity index (χ0) is 21.3. The van der Waals surface area contributed by atoms with Crippen LogP contribution in [0.2, 0.25) is 0 Å². The van der Waals surface area contributed by atoms with Crippen LogP contribution in [0.15, 0.2) is 54.7 Å². The fourth-order valence-corrected chi connectivity index (χ4v) is 3.27. The number of amides is 1.